The van der Waals surface area contributed by atoms with Crippen molar-refractivity contribution < 1.29 is 0 Å². The largest absolute Gasteiger partial charge is 0.385 e. The third-order valence-electron chi connectivity index (χ3n) is 5.35. The summed E-state index contributed by atoms with van der Waals surface area (Å²) >= 11 is 1.62. The lowest BCUT2D eigenvalue weighted by atomic mass is 10.1. The highest BCUT2D eigenvalue weighted by molar-refractivity contribution is 7.16. The number of unbranched alkanes of at least 4 members (excludes halogenated alkanes) is 5. The third-order valence-corrected chi connectivity index (χ3v) is 6.15. The molecule has 0 radical (unpaired) electrons. The number of nitrogens with zero attached hydrogens (tertiary/aromatic N) is 3. The molecule has 0 bridgehead atoms. The highest BCUT2D eigenvalue weighted by Crippen LogP contribution is 2.34. The van der Waals surface area contributed by atoms with E-state index in [0.29, 0.717) is 0 Å². The van der Waals surface area contributed by atoms with E-state index in [1.807, 2.05) is 17.6 Å². The molecule has 0 saturated heterocycles. The average Bonchev–Trinajstić information content (AvgIpc) is 3.27. The first kappa shape index (κ1) is 20.5. The first-order valence-corrected chi connectivity index (χ1v) is 11.7. The summed E-state index contributed by atoms with van der Waals surface area (Å²) in [6, 6.07) is 18.6. The summed E-state index contributed by atoms with van der Waals surface area (Å²) in [4.78, 5) is 4.43. The molecule has 3 aromatic carbocycles. The molecule has 0 fully saturated rings. The second-order valence-corrected chi connectivity index (χ2v) is 8.43. The zero-order valence-electron chi connectivity index (χ0n) is 17.5. The molecule has 0 aliphatic rings. The number of fused-ring (bicyclic) bond motifs is 2. The van der Waals surface area contributed by atoms with Crippen LogP contribution in [0.2, 0.25) is 0 Å². The molecule has 0 unspecified atom stereocenters. The Kier molecular flexibility index (Phi) is 7.03. The minimum Gasteiger partial charge on any atom is -0.385 e. The number of aromatic nitrogens is 1. The third kappa shape index (κ3) is 4.85. The Morgan fingerprint density at radius 2 is 1.60 bits per heavy atom. The molecule has 0 atom stereocenters. The van der Waals surface area contributed by atoms with Gasteiger partial charge in [-0.1, -0.05) is 69.4 Å². The van der Waals surface area contributed by atoms with Crippen LogP contribution in [-0.4, -0.2) is 11.5 Å². The average molecular weight is 417 g/mol. The van der Waals surface area contributed by atoms with E-state index in [0.717, 1.165) is 33.5 Å². The van der Waals surface area contributed by atoms with Crippen molar-refractivity contribution in [3.63, 3.8) is 0 Å². The predicted molar refractivity (Wildman–Crippen MR) is 130 cm³/mol. The van der Waals surface area contributed by atoms with Crippen LogP contribution in [0.15, 0.2) is 70.3 Å². The first-order chi connectivity index (χ1) is 14.9. The summed E-state index contributed by atoms with van der Waals surface area (Å²) in [5, 5.41) is 15.0. The van der Waals surface area contributed by atoms with E-state index in [2.05, 4.69) is 69.9 Å². The zero-order valence-corrected chi connectivity index (χ0v) is 18.3. The van der Waals surface area contributed by atoms with Crippen LogP contribution >= 0.6 is 11.3 Å². The van der Waals surface area contributed by atoms with Crippen LogP contribution in [0.5, 0.6) is 0 Å². The molecule has 4 rings (SSSR count). The van der Waals surface area contributed by atoms with Crippen molar-refractivity contribution >= 4 is 49.4 Å². The van der Waals surface area contributed by atoms with Gasteiger partial charge in [-0.15, -0.1) is 21.6 Å². The Morgan fingerprint density at radius 1 is 0.800 bits per heavy atom. The van der Waals surface area contributed by atoms with Gasteiger partial charge in [0.15, 0.2) is 0 Å². The number of benzene rings is 3. The zero-order chi connectivity index (χ0) is 20.6. The van der Waals surface area contributed by atoms with E-state index in [9.17, 15) is 0 Å². The van der Waals surface area contributed by atoms with E-state index in [1.165, 1.54) is 49.6 Å². The lowest BCUT2D eigenvalue weighted by Gasteiger charge is -2.11. The smallest absolute Gasteiger partial charge is 0.113 e. The Balaban J connectivity index is 1.49. The number of azo groups is 1. The highest BCUT2D eigenvalue weighted by Gasteiger charge is 2.06. The van der Waals surface area contributed by atoms with Gasteiger partial charge < -0.3 is 5.32 Å². The maximum absolute atomic E-state index is 4.58. The maximum Gasteiger partial charge on any atom is 0.113 e. The Labute approximate surface area is 182 Å². The molecule has 1 N–H and O–H groups in total. The second kappa shape index (κ2) is 10.3. The van der Waals surface area contributed by atoms with Crippen LogP contribution in [0, 0.1) is 0 Å². The molecule has 154 valence electrons. The van der Waals surface area contributed by atoms with E-state index >= 15 is 0 Å². The number of hydrogen-bond donors (Lipinski definition) is 1. The molecular formula is C25H28N4S. The molecule has 0 amide bonds. The van der Waals surface area contributed by atoms with Gasteiger partial charge in [-0.05, 0) is 30.7 Å². The second-order valence-electron chi connectivity index (χ2n) is 7.55. The molecule has 4 nitrogen and oxygen atoms in total. The summed E-state index contributed by atoms with van der Waals surface area (Å²) in [5.41, 5.74) is 5.61. The van der Waals surface area contributed by atoms with Crippen LogP contribution in [0.25, 0.3) is 21.0 Å². The molecule has 1 heterocycles. The molecule has 4 aromatic rings. The lowest BCUT2D eigenvalue weighted by Crippen LogP contribution is -2.01. The fraction of sp³-hybridized carbons (Fsp3) is 0.320. The van der Waals surface area contributed by atoms with Gasteiger partial charge in [-0.3, -0.25) is 0 Å². The number of nitrogens with one attached hydrogen (secondary N) is 1. The summed E-state index contributed by atoms with van der Waals surface area (Å²) < 4.78 is 1.13. The number of anilines is 1. The molecular weight excluding hydrogens is 388 g/mol. The van der Waals surface area contributed by atoms with Crippen molar-refractivity contribution in [2.24, 2.45) is 10.2 Å². The van der Waals surface area contributed by atoms with Crippen molar-refractivity contribution in [1.29, 1.82) is 0 Å². The first-order valence-electron chi connectivity index (χ1n) is 10.9. The molecule has 0 aliphatic carbocycles. The van der Waals surface area contributed by atoms with Gasteiger partial charge in [0.2, 0.25) is 0 Å². The van der Waals surface area contributed by atoms with Crippen molar-refractivity contribution in [3.05, 3.63) is 60.1 Å². The molecule has 30 heavy (non-hydrogen) atoms. The molecule has 0 aliphatic heterocycles. The van der Waals surface area contributed by atoms with Gasteiger partial charge in [-0.2, -0.15) is 0 Å². The molecule has 1 aromatic heterocycles. The lowest BCUT2D eigenvalue weighted by molar-refractivity contribution is 0.617. The van der Waals surface area contributed by atoms with E-state index in [4.69, 9.17) is 0 Å². The normalized spacial score (nSPS) is 11.6. The maximum atomic E-state index is 4.58. The van der Waals surface area contributed by atoms with Gasteiger partial charge >= 0.3 is 0 Å². The van der Waals surface area contributed by atoms with E-state index < -0.39 is 0 Å². The van der Waals surface area contributed by atoms with Gasteiger partial charge in [0.05, 0.1) is 15.9 Å². The highest BCUT2D eigenvalue weighted by atomic mass is 32.1. The van der Waals surface area contributed by atoms with Gasteiger partial charge in [-0.25, -0.2) is 4.98 Å². The monoisotopic (exact) mass is 416 g/mol. The van der Waals surface area contributed by atoms with Gasteiger partial charge in [0, 0.05) is 23.0 Å². The topological polar surface area (TPSA) is 49.6 Å². The Morgan fingerprint density at radius 3 is 2.50 bits per heavy atom. The van der Waals surface area contributed by atoms with Crippen LogP contribution in [-0.2, 0) is 0 Å². The predicted octanol–water partition coefficient (Wildman–Crippen LogP) is 8.64. The molecule has 0 saturated carbocycles. The minimum absolute atomic E-state index is 0.808. The number of para-hydroxylation sites is 1. The summed E-state index contributed by atoms with van der Waals surface area (Å²) in [5.74, 6) is 0. The summed E-state index contributed by atoms with van der Waals surface area (Å²) in [6.07, 6.45) is 7.84. The minimum atomic E-state index is 0.808. The van der Waals surface area contributed by atoms with Crippen LogP contribution < -0.4 is 5.32 Å². The Bertz CT molecular complexity index is 1130. The van der Waals surface area contributed by atoms with Crippen molar-refractivity contribution in [2.75, 3.05) is 11.9 Å². The number of hydrogen-bond acceptors (Lipinski definition) is 5. The fourth-order valence-corrected chi connectivity index (χ4v) is 4.41. The van der Waals surface area contributed by atoms with Crippen molar-refractivity contribution in [1.82, 2.24) is 4.98 Å². The van der Waals surface area contributed by atoms with Crippen LogP contribution in [0.1, 0.15) is 45.4 Å². The van der Waals surface area contributed by atoms with Crippen molar-refractivity contribution in [3.8, 4) is 0 Å². The van der Waals surface area contributed by atoms with Crippen LogP contribution in [0.4, 0.5) is 17.1 Å². The van der Waals surface area contributed by atoms with Crippen LogP contribution in [0.3, 0.4) is 0 Å². The van der Waals surface area contributed by atoms with Gasteiger partial charge in [0.25, 0.3) is 0 Å². The Hall–Kier alpha value is -2.79. The van der Waals surface area contributed by atoms with Gasteiger partial charge in [0.1, 0.15) is 11.2 Å². The summed E-state index contributed by atoms with van der Waals surface area (Å²) in [6.45, 7) is 3.26. The fourth-order valence-electron chi connectivity index (χ4n) is 3.71. The quantitative estimate of drug-likeness (QED) is 0.208. The van der Waals surface area contributed by atoms with E-state index in [1.54, 1.807) is 11.3 Å². The van der Waals surface area contributed by atoms with Crippen molar-refractivity contribution in [2.45, 2.75) is 45.4 Å². The molecule has 5 heteroatoms. The molecule has 0 spiro atoms. The number of rotatable bonds is 10. The number of thiazole rings is 1. The standard InChI is InChI=1S/C25H28N4S/c1-2-3-4-5-6-9-17-26-21-15-16-22(20-12-8-7-11-19(20)21)28-29-23-13-10-14-24-25(23)27-18-30-24/h7-8,10-16,18,26H,2-6,9,17H2,1H3. The summed E-state index contributed by atoms with van der Waals surface area (Å²) in [7, 11) is 0. The van der Waals surface area contributed by atoms with E-state index in [-0.39, 0.29) is 0 Å². The SMILES string of the molecule is CCCCCCCCNc1ccc(N=Nc2cccc3scnc23)c2ccccc12.